The number of allylic oxidation sites excluding steroid dienone is 1. The van der Waals surface area contributed by atoms with Crippen LogP contribution in [0.1, 0.15) is 40.9 Å². The van der Waals surface area contributed by atoms with Crippen LogP contribution in [0.15, 0.2) is 47.4 Å². The van der Waals surface area contributed by atoms with Crippen LogP contribution in [0.25, 0.3) is 6.08 Å². The van der Waals surface area contributed by atoms with Crippen LogP contribution in [-0.4, -0.2) is 28.0 Å². The summed E-state index contributed by atoms with van der Waals surface area (Å²) in [6.07, 6.45) is 2.93. The number of alkyl halides is 3. The smallest absolute Gasteiger partial charge is 0.446 e. The second kappa shape index (κ2) is 8.95. The third kappa shape index (κ3) is 6.38. The van der Waals surface area contributed by atoms with Crippen LogP contribution in [0.2, 0.25) is 0 Å². The molecule has 2 aromatic carbocycles. The fraction of sp³-hybridized carbons (Fsp3) is 0.273. The maximum Gasteiger partial charge on any atom is 0.446 e. The van der Waals surface area contributed by atoms with Crippen LogP contribution in [0.3, 0.4) is 0 Å². The lowest BCUT2D eigenvalue weighted by Gasteiger charge is -2.24. The number of hydrogen-bond acceptors (Lipinski definition) is 4. The average molecular weight is 438 g/mol. The van der Waals surface area contributed by atoms with E-state index in [1.165, 1.54) is 44.2 Å². The number of carboxylic acids is 1. The average Bonchev–Trinajstić information content (AvgIpc) is 2.62. The Morgan fingerprint density at radius 2 is 1.57 bits per heavy atom. The molecule has 0 amide bonds. The molecule has 0 radical (unpaired) electrons. The molecular weight excluding hydrogens is 417 g/mol. The van der Waals surface area contributed by atoms with E-state index in [4.69, 9.17) is 4.74 Å². The Labute approximate surface area is 176 Å². The van der Waals surface area contributed by atoms with E-state index in [0.29, 0.717) is 22.4 Å². The normalized spacial score (nSPS) is 12.2. The van der Waals surface area contributed by atoms with Crippen molar-refractivity contribution in [2.24, 2.45) is 0 Å². The van der Waals surface area contributed by atoms with E-state index in [1.807, 2.05) is 0 Å². The van der Waals surface area contributed by atoms with E-state index >= 15 is 0 Å². The lowest BCUT2D eigenvalue weighted by atomic mass is 10.0. The van der Waals surface area contributed by atoms with Gasteiger partial charge in [0.1, 0.15) is 5.75 Å². The Morgan fingerprint density at radius 3 is 2.03 bits per heavy atom. The summed E-state index contributed by atoms with van der Waals surface area (Å²) in [5, 5.41) is 9.23. The number of halogens is 3. The molecule has 0 bridgehead atoms. The first-order valence-corrected chi connectivity index (χ1v) is 9.72. The molecule has 30 heavy (non-hydrogen) atoms. The van der Waals surface area contributed by atoms with Crippen molar-refractivity contribution < 1.29 is 32.6 Å². The Kier molecular flexibility index (Phi) is 7.02. The maximum atomic E-state index is 12.4. The quantitative estimate of drug-likeness (QED) is 0.324. The lowest BCUT2D eigenvalue weighted by molar-refractivity contribution is -0.152. The van der Waals surface area contributed by atoms with E-state index in [-0.39, 0.29) is 28.0 Å². The Morgan fingerprint density at radius 1 is 1.03 bits per heavy atom. The summed E-state index contributed by atoms with van der Waals surface area (Å²) < 4.78 is 42.8. The predicted molar refractivity (Wildman–Crippen MR) is 110 cm³/mol. The molecule has 0 heterocycles. The van der Waals surface area contributed by atoms with E-state index in [2.05, 4.69) is 0 Å². The van der Waals surface area contributed by atoms with Crippen molar-refractivity contribution in [1.82, 2.24) is 0 Å². The zero-order valence-corrected chi connectivity index (χ0v) is 17.6. The number of carboxylic acid groups (broad SMARTS) is 1. The highest BCUT2D eigenvalue weighted by atomic mass is 32.2. The predicted octanol–water partition coefficient (Wildman–Crippen LogP) is 6.05. The molecule has 0 fully saturated rings. The summed E-state index contributed by atoms with van der Waals surface area (Å²) in [5.74, 6) is -0.972. The van der Waals surface area contributed by atoms with Gasteiger partial charge in [-0.3, -0.25) is 4.79 Å². The number of carbonyl (C=O) groups is 2. The largest absolute Gasteiger partial charge is 0.478 e. The molecule has 0 unspecified atom stereocenters. The highest BCUT2D eigenvalue weighted by Crippen LogP contribution is 2.36. The van der Waals surface area contributed by atoms with E-state index in [9.17, 15) is 27.9 Å². The molecule has 160 valence electrons. The molecule has 0 atom stereocenters. The van der Waals surface area contributed by atoms with Crippen molar-refractivity contribution in [3.05, 3.63) is 64.7 Å². The molecule has 8 heteroatoms. The lowest BCUT2D eigenvalue weighted by Crippen LogP contribution is -2.38. The standard InChI is InChI=1S/C22H21F3O4S/c1-13-11-15(12-14(2)19(13)29-21(3,4)20(27)28)5-10-18(26)16-6-8-17(9-7-16)30-22(23,24)25/h5-12H,1-4H3,(H,27,28). The van der Waals surface area contributed by atoms with Gasteiger partial charge in [0.05, 0.1) is 0 Å². The number of thioether (sulfide) groups is 1. The Bertz CT molecular complexity index is 954. The summed E-state index contributed by atoms with van der Waals surface area (Å²) in [4.78, 5) is 23.6. The fourth-order valence-electron chi connectivity index (χ4n) is 2.63. The number of aryl methyl sites for hydroxylation is 2. The Balaban J connectivity index is 2.16. The molecule has 0 spiro atoms. The molecule has 2 aromatic rings. The molecule has 0 aliphatic carbocycles. The van der Waals surface area contributed by atoms with Crippen LogP contribution < -0.4 is 4.74 Å². The summed E-state index contributed by atoms with van der Waals surface area (Å²) in [5.41, 5.74) is -3.36. The van der Waals surface area contributed by atoms with E-state index in [0.717, 1.165) is 0 Å². The molecule has 0 saturated heterocycles. The van der Waals surface area contributed by atoms with Gasteiger partial charge in [0.15, 0.2) is 11.4 Å². The van der Waals surface area contributed by atoms with Gasteiger partial charge in [-0.1, -0.05) is 6.08 Å². The second-order valence-corrected chi connectivity index (χ2v) is 8.31. The molecule has 4 nitrogen and oxygen atoms in total. The van der Waals surface area contributed by atoms with Crippen LogP contribution >= 0.6 is 11.8 Å². The van der Waals surface area contributed by atoms with Gasteiger partial charge in [0.25, 0.3) is 0 Å². The molecule has 0 aliphatic heterocycles. The number of aliphatic carboxylic acids is 1. The maximum absolute atomic E-state index is 12.4. The fourth-order valence-corrected chi connectivity index (χ4v) is 3.17. The van der Waals surface area contributed by atoms with Crippen LogP contribution in [-0.2, 0) is 4.79 Å². The van der Waals surface area contributed by atoms with Crippen molar-refractivity contribution in [2.75, 3.05) is 0 Å². The zero-order chi connectivity index (χ0) is 22.7. The van der Waals surface area contributed by atoms with Gasteiger partial charge in [0, 0.05) is 10.5 Å². The monoisotopic (exact) mass is 438 g/mol. The Hall–Kier alpha value is -2.74. The SMILES string of the molecule is Cc1cc(C=CC(=O)c2ccc(SC(F)(F)F)cc2)cc(C)c1OC(C)(C)C(=O)O. The van der Waals surface area contributed by atoms with Crippen LogP contribution in [0.5, 0.6) is 5.75 Å². The number of ketones is 1. The first-order valence-electron chi connectivity index (χ1n) is 8.90. The van der Waals surface area contributed by atoms with E-state index < -0.39 is 17.1 Å². The van der Waals surface area contributed by atoms with Gasteiger partial charge in [-0.15, -0.1) is 0 Å². The summed E-state index contributed by atoms with van der Waals surface area (Å²) in [6, 6.07) is 8.72. The highest BCUT2D eigenvalue weighted by molar-refractivity contribution is 8.00. The van der Waals surface area contributed by atoms with Crippen molar-refractivity contribution in [1.29, 1.82) is 0 Å². The third-order valence-electron chi connectivity index (χ3n) is 4.15. The minimum absolute atomic E-state index is 0.00848. The zero-order valence-electron chi connectivity index (χ0n) is 16.8. The van der Waals surface area contributed by atoms with Crippen molar-refractivity contribution in [3.8, 4) is 5.75 Å². The van der Waals surface area contributed by atoms with Gasteiger partial charge < -0.3 is 9.84 Å². The topological polar surface area (TPSA) is 63.6 Å². The van der Waals surface area contributed by atoms with Crippen molar-refractivity contribution >= 4 is 29.6 Å². The number of hydrogen-bond donors (Lipinski definition) is 1. The number of ether oxygens (including phenoxy) is 1. The minimum atomic E-state index is -4.38. The molecular formula is C22H21F3O4S. The first kappa shape index (κ1) is 23.5. The molecule has 0 aliphatic rings. The highest BCUT2D eigenvalue weighted by Gasteiger charge is 2.30. The van der Waals surface area contributed by atoms with Crippen LogP contribution in [0.4, 0.5) is 13.2 Å². The third-order valence-corrected chi connectivity index (χ3v) is 4.89. The number of carbonyl (C=O) groups excluding carboxylic acids is 1. The molecule has 0 saturated carbocycles. The number of benzene rings is 2. The summed E-state index contributed by atoms with van der Waals surface area (Å²) >= 11 is -0.237. The second-order valence-electron chi connectivity index (χ2n) is 7.17. The number of rotatable bonds is 7. The van der Waals surface area contributed by atoms with Gasteiger partial charge in [-0.05, 0) is 98.6 Å². The molecule has 1 N–H and O–H groups in total. The van der Waals surface area contributed by atoms with Gasteiger partial charge in [0.2, 0.25) is 0 Å². The van der Waals surface area contributed by atoms with Crippen molar-refractivity contribution in [2.45, 2.75) is 43.7 Å². The summed E-state index contributed by atoms with van der Waals surface area (Å²) in [7, 11) is 0. The van der Waals surface area contributed by atoms with E-state index in [1.54, 1.807) is 32.1 Å². The molecule has 2 rings (SSSR count). The minimum Gasteiger partial charge on any atom is -0.478 e. The van der Waals surface area contributed by atoms with Gasteiger partial charge in [-0.25, -0.2) is 4.79 Å². The summed E-state index contributed by atoms with van der Waals surface area (Å²) in [6.45, 7) is 6.46. The first-order chi connectivity index (χ1) is 13.8. The van der Waals surface area contributed by atoms with Gasteiger partial charge in [-0.2, -0.15) is 13.2 Å². The van der Waals surface area contributed by atoms with Gasteiger partial charge >= 0.3 is 11.5 Å². The van der Waals surface area contributed by atoms with Crippen LogP contribution in [0, 0.1) is 13.8 Å². The molecule has 0 aromatic heterocycles. The van der Waals surface area contributed by atoms with Crippen molar-refractivity contribution in [3.63, 3.8) is 0 Å².